The van der Waals surface area contributed by atoms with Crippen LogP contribution in [-0.2, 0) is 15.8 Å². The first-order valence-electron chi connectivity index (χ1n) is 5.96. The molecular weight excluding hydrogens is 276 g/mol. The fourth-order valence-electron chi connectivity index (χ4n) is 1.93. The van der Waals surface area contributed by atoms with E-state index in [0.29, 0.717) is 11.0 Å². The van der Waals surface area contributed by atoms with E-state index >= 15 is 0 Å². The minimum Gasteiger partial charge on any atom is -0.346 e. The van der Waals surface area contributed by atoms with Gasteiger partial charge in [0.15, 0.2) is 5.82 Å². The molecule has 0 fully saturated rings. The largest absolute Gasteiger partial charge is 0.346 e. The molecule has 2 N–H and O–H groups in total. The first-order chi connectivity index (χ1) is 9.64. The van der Waals surface area contributed by atoms with Crippen molar-refractivity contribution in [3.05, 3.63) is 54.5 Å². The number of nitrogens with one attached hydrogen (secondary N) is 2. The van der Waals surface area contributed by atoms with Gasteiger partial charge in [-0.3, -0.25) is 4.72 Å². The Morgan fingerprint density at radius 2 is 1.90 bits per heavy atom. The third-order valence-corrected chi connectivity index (χ3v) is 4.02. The molecule has 0 saturated carbocycles. The minimum atomic E-state index is -3.51. The second kappa shape index (κ2) is 4.93. The smallest absolute Gasteiger partial charge is 0.238 e. The second-order valence-electron chi connectivity index (χ2n) is 4.31. The SMILES string of the molecule is O=S(=O)(Cc1ccccc1)Nc1ncnc2[nH]ccc12. The highest BCUT2D eigenvalue weighted by molar-refractivity contribution is 7.91. The molecule has 0 aliphatic carbocycles. The Labute approximate surface area is 115 Å². The van der Waals surface area contributed by atoms with E-state index in [1.165, 1.54) is 6.33 Å². The summed E-state index contributed by atoms with van der Waals surface area (Å²) in [5.41, 5.74) is 1.32. The molecule has 2 aromatic heterocycles. The van der Waals surface area contributed by atoms with Gasteiger partial charge in [-0.1, -0.05) is 30.3 Å². The summed E-state index contributed by atoms with van der Waals surface area (Å²) in [7, 11) is -3.51. The predicted molar refractivity (Wildman–Crippen MR) is 76.6 cm³/mol. The van der Waals surface area contributed by atoms with Crippen LogP contribution in [0.1, 0.15) is 5.56 Å². The number of H-pyrrole nitrogens is 1. The van der Waals surface area contributed by atoms with Crippen molar-refractivity contribution in [2.45, 2.75) is 5.75 Å². The Hall–Kier alpha value is -2.41. The summed E-state index contributed by atoms with van der Waals surface area (Å²) in [6.45, 7) is 0. The number of hydrogen-bond acceptors (Lipinski definition) is 4. The summed E-state index contributed by atoms with van der Waals surface area (Å²) < 4.78 is 26.8. The van der Waals surface area contributed by atoms with Gasteiger partial charge in [-0.15, -0.1) is 0 Å². The number of fused-ring (bicyclic) bond motifs is 1. The van der Waals surface area contributed by atoms with Gasteiger partial charge in [0, 0.05) is 6.20 Å². The molecular formula is C13H12N4O2S. The van der Waals surface area contributed by atoms with E-state index in [-0.39, 0.29) is 11.6 Å². The first kappa shape index (κ1) is 12.6. The molecule has 0 unspecified atom stereocenters. The Balaban J connectivity index is 1.88. The van der Waals surface area contributed by atoms with E-state index in [4.69, 9.17) is 0 Å². The average molecular weight is 288 g/mol. The van der Waals surface area contributed by atoms with Gasteiger partial charge in [-0.05, 0) is 11.6 Å². The molecule has 0 bridgehead atoms. The summed E-state index contributed by atoms with van der Waals surface area (Å²) in [6.07, 6.45) is 3.01. The van der Waals surface area contributed by atoms with Gasteiger partial charge in [0.1, 0.15) is 12.0 Å². The van der Waals surface area contributed by atoms with Crippen LogP contribution in [0.5, 0.6) is 0 Å². The quantitative estimate of drug-likeness (QED) is 0.767. The van der Waals surface area contributed by atoms with Crippen LogP contribution >= 0.6 is 0 Å². The van der Waals surface area contributed by atoms with Crippen LogP contribution in [0.2, 0.25) is 0 Å². The maximum Gasteiger partial charge on any atom is 0.238 e. The molecule has 102 valence electrons. The van der Waals surface area contributed by atoms with Crippen molar-refractivity contribution >= 4 is 26.9 Å². The van der Waals surface area contributed by atoms with Crippen molar-refractivity contribution in [1.29, 1.82) is 0 Å². The Bertz CT molecular complexity index is 828. The van der Waals surface area contributed by atoms with E-state index in [0.717, 1.165) is 5.56 Å². The molecule has 1 aromatic carbocycles. The fraction of sp³-hybridized carbons (Fsp3) is 0.0769. The second-order valence-corrected chi connectivity index (χ2v) is 6.03. The molecule has 0 spiro atoms. The third kappa shape index (κ3) is 2.62. The maximum atomic E-state index is 12.2. The molecule has 2 heterocycles. The van der Waals surface area contributed by atoms with Gasteiger partial charge in [-0.2, -0.15) is 0 Å². The van der Waals surface area contributed by atoms with Crippen molar-refractivity contribution in [1.82, 2.24) is 15.0 Å². The first-order valence-corrected chi connectivity index (χ1v) is 7.62. The van der Waals surface area contributed by atoms with Crippen LogP contribution < -0.4 is 4.72 Å². The Morgan fingerprint density at radius 1 is 1.10 bits per heavy atom. The van der Waals surface area contributed by atoms with Crippen LogP contribution in [0.3, 0.4) is 0 Å². The number of rotatable bonds is 4. The number of anilines is 1. The molecule has 6 nitrogen and oxygen atoms in total. The molecule has 7 heteroatoms. The monoisotopic (exact) mass is 288 g/mol. The highest BCUT2D eigenvalue weighted by atomic mass is 32.2. The van der Waals surface area contributed by atoms with Crippen molar-refractivity contribution in [2.24, 2.45) is 0 Å². The Morgan fingerprint density at radius 3 is 2.70 bits per heavy atom. The number of aromatic nitrogens is 3. The molecule has 3 rings (SSSR count). The van der Waals surface area contributed by atoms with E-state index in [1.54, 1.807) is 36.5 Å². The van der Waals surface area contributed by atoms with Gasteiger partial charge < -0.3 is 4.98 Å². The van der Waals surface area contributed by atoms with Crippen molar-refractivity contribution < 1.29 is 8.42 Å². The molecule has 20 heavy (non-hydrogen) atoms. The van der Waals surface area contributed by atoms with Crippen molar-refractivity contribution in [2.75, 3.05) is 4.72 Å². The number of benzene rings is 1. The zero-order chi connectivity index (χ0) is 14.0. The van der Waals surface area contributed by atoms with Crippen molar-refractivity contribution in [3.63, 3.8) is 0 Å². The van der Waals surface area contributed by atoms with Crippen molar-refractivity contribution in [3.8, 4) is 0 Å². The third-order valence-electron chi connectivity index (χ3n) is 2.81. The molecule has 0 saturated heterocycles. The van der Waals surface area contributed by atoms with Gasteiger partial charge in [-0.25, -0.2) is 18.4 Å². The molecule has 3 aromatic rings. The minimum absolute atomic E-state index is 0.0935. The zero-order valence-corrected chi connectivity index (χ0v) is 11.3. The van der Waals surface area contributed by atoms with E-state index in [1.807, 2.05) is 6.07 Å². The van der Waals surface area contributed by atoms with Crippen LogP contribution in [0.4, 0.5) is 5.82 Å². The van der Waals surface area contributed by atoms with Gasteiger partial charge in [0.05, 0.1) is 11.1 Å². The topological polar surface area (TPSA) is 87.7 Å². The van der Waals surface area contributed by atoms with Crippen LogP contribution in [0.15, 0.2) is 48.9 Å². The highest BCUT2D eigenvalue weighted by Gasteiger charge is 2.14. The Kier molecular flexibility index (Phi) is 3.11. The highest BCUT2D eigenvalue weighted by Crippen LogP contribution is 2.19. The summed E-state index contributed by atoms with van der Waals surface area (Å²) >= 11 is 0. The predicted octanol–water partition coefficient (Wildman–Crippen LogP) is 1.90. The van der Waals surface area contributed by atoms with Crippen LogP contribution in [0.25, 0.3) is 11.0 Å². The molecule has 0 aliphatic rings. The molecule has 0 amide bonds. The lowest BCUT2D eigenvalue weighted by atomic mass is 10.2. The average Bonchev–Trinajstić information content (AvgIpc) is 2.88. The van der Waals surface area contributed by atoms with Crippen LogP contribution in [0, 0.1) is 0 Å². The lowest BCUT2D eigenvalue weighted by Crippen LogP contribution is -2.16. The lowest BCUT2D eigenvalue weighted by Gasteiger charge is -2.07. The van der Waals surface area contributed by atoms with Gasteiger partial charge >= 0.3 is 0 Å². The number of nitrogens with zero attached hydrogens (tertiary/aromatic N) is 2. The van der Waals surface area contributed by atoms with E-state index in [2.05, 4.69) is 19.7 Å². The fourth-order valence-corrected chi connectivity index (χ4v) is 3.09. The molecule has 0 aliphatic heterocycles. The van der Waals surface area contributed by atoms with E-state index < -0.39 is 10.0 Å². The summed E-state index contributed by atoms with van der Waals surface area (Å²) in [5, 5.41) is 0.643. The van der Waals surface area contributed by atoms with Gasteiger partial charge in [0.25, 0.3) is 0 Å². The summed E-state index contributed by atoms with van der Waals surface area (Å²) in [4.78, 5) is 10.9. The number of sulfonamides is 1. The number of aromatic amines is 1. The van der Waals surface area contributed by atoms with Gasteiger partial charge in [0.2, 0.25) is 10.0 Å². The molecule has 0 atom stereocenters. The number of hydrogen-bond donors (Lipinski definition) is 2. The van der Waals surface area contributed by atoms with Crippen LogP contribution in [-0.4, -0.2) is 23.4 Å². The van der Waals surface area contributed by atoms with E-state index in [9.17, 15) is 8.42 Å². The summed E-state index contributed by atoms with van der Waals surface area (Å²) in [5.74, 6) is 0.191. The standard InChI is InChI=1S/C13H12N4O2S/c18-20(19,8-10-4-2-1-3-5-10)17-13-11-6-7-14-12(11)15-9-16-13/h1-7,9H,8H2,(H2,14,15,16,17). The lowest BCUT2D eigenvalue weighted by molar-refractivity contribution is 0.600. The maximum absolute atomic E-state index is 12.2. The normalized spacial score (nSPS) is 11.6. The zero-order valence-electron chi connectivity index (χ0n) is 10.4. The molecule has 0 radical (unpaired) electrons. The summed E-state index contributed by atoms with van der Waals surface area (Å²) in [6, 6.07) is 10.7.